The molecular weight excluding hydrogens is 204 g/mol. The Morgan fingerprint density at radius 2 is 1.59 bits per heavy atom. The lowest BCUT2D eigenvalue weighted by Gasteiger charge is -2.17. The Balaban J connectivity index is 2.00. The molecule has 0 nitrogen and oxygen atoms in total. The molecule has 2 aromatic rings. The number of rotatable bonds is 2. The lowest BCUT2D eigenvalue weighted by Crippen LogP contribution is -2.03. The molecule has 0 spiro atoms. The van der Waals surface area contributed by atoms with Crippen molar-refractivity contribution in [3.05, 3.63) is 72.3 Å². The Morgan fingerprint density at radius 1 is 0.882 bits per heavy atom. The van der Waals surface area contributed by atoms with Crippen LogP contribution < -0.4 is 0 Å². The van der Waals surface area contributed by atoms with Crippen molar-refractivity contribution in [3.63, 3.8) is 0 Å². The van der Waals surface area contributed by atoms with Crippen LogP contribution in [0.2, 0.25) is 0 Å². The van der Waals surface area contributed by atoms with Crippen molar-refractivity contribution < 1.29 is 0 Å². The van der Waals surface area contributed by atoms with E-state index >= 15 is 0 Å². The van der Waals surface area contributed by atoms with Crippen LogP contribution in [0.25, 0.3) is 10.8 Å². The van der Waals surface area contributed by atoms with Crippen molar-refractivity contribution in [2.45, 2.75) is 12.8 Å². The summed E-state index contributed by atoms with van der Waals surface area (Å²) in [6.07, 6.45) is 8.84. The molecule has 1 unspecified atom stereocenters. The normalized spacial score (nSPS) is 16.8. The maximum Gasteiger partial charge on any atom is 0.00189 e. The molecule has 17 heavy (non-hydrogen) atoms. The van der Waals surface area contributed by atoms with Crippen molar-refractivity contribution in [3.8, 4) is 0 Å². The van der Waals surface area contributed by atoms with Gasteiger partial charge in [-0.25, -0.2) is 0 Å². The minimum Gasteiger partial charge on any atom is -0.0770 e. The molecule has 0 aromatic heterocycles. The van der Waals surface area contributed by atoms with Crippen LogP contribution in [0.15, 0.2) is 66.8 Å². The van der Waals surface area contributed by atoms with Crippen LogP contribution in [0.1, 0.15) is 18.4 Å². The van der Waals surface area contributed by atoms with Gasteiger partial charge in [-0.1, -0.05) is 73.7 Å². The van der Waals surface area contributed by atoms with Gasteiger partial charge in [0.2, 0.25) is 0 Å². The van der Waals surface area contributed by atoms with Gasteiger partial charge < -0.3 is 0 Å². The second-order valence-corrected chi connectivity index (χ2v) is 4.74. The van der Waals surface area contributed by atoms with E-state index in [9.17, 15) is 0 Å². The van der Waals surface area contributed by atoms with E-state index in [1.165, 1.54) is 16.3 Å². The van der Waals surface area contributed by atoms with Gasteiger partial charge >= 0.3 is 0 Å². The summed E-state index contributed by atoms with van der Waals surface area (Å²) in [5, 5.41) is 2.66. The molecule has 84 valence electrons. The second kappa shape index (κ2) is 4.21. The molecule has 1 aliphatic rings. The molecule has 0 amide bonds. The van der Waals surface area contributed by atoms with E-state index in [0.29, 0.717) is 11.8 Å². The predicted octanol–water partition coefficient (Wildman–Crippen LogP) is 4.69. The number of hydrogen-bond donors (Lipinski definition) is 0. The zero-order chi connectivity index (χ0) is 11.7. The fourth-order valence-corrected chi connectivity index (χ4v) is 2.50. The first kappa shape index (κ1) is 10.3. The lowest BCUT2D eigenvalue weighted by molar-refractivity contribution is 0.654. The van der Waals surface area contributed by atoms with Crippen molar-refractivity contribution in [1.29, 1.82) is 0 Å². The van der Waals surface area contributed by atoms with Crippen molar-refractivity contribution >= 4 is 10.8 Å². The Bertz CT molecular complexity index is 578. The number of fused-ring (bicyclic) bond motifs is 1. The molecule has 1 atom stereocenters. The number of allylic oxidation sites excluding steroid dienone is 4. The van der Waals surface area contributed by atoms with Gasteiger partial charge in [0.1, 0.15) is 0 Å². The minimum atomic E-state index is 0.551. The molecule has 0 fully saturated rings. The zero-order valence-electron chi connectivity index (χ0n) is 10.0. The molecule has 3 rings (SSSR count). The maximum absolute atomic E-state index is 2.32. The van der Waals surface area contributed by atoms with Crippen LogP contribution in [0.3, 0.4) is 0 Å². The largest absolute Gasteiger partial charge is 0.0770 e. The first-order valence-electron chi connectivity index (χ1n) is 6.18. The van der Waals surface area contributed by atoms with Gasteiger partial charge in [-0.3, -0.25) is 0 Å². The van der Waals surface area contributed by atoms with Crippen LogP contribution in [0.4, 0.5) is 0 Å². The summed E-state index contributed by atoms with van der Waals surface area (Å²) in [6, 6.07) is 15.3. The van der Waals surface area contributed by atoms with E-state index in [4.69, 9.17) is 0 Å². The summed E-state index contributed by atoms with van der Waals surface area (Å²) in [5.74, 6) is 1.10. The predicted molar refractivity (Wildman–Crippen MR) is 74.1 cm³/mol. The van der Waals surface area contributed by atoms with Crippen LogP contribution >= 0.6 is 0 Å². The molecule has 0 N–H and O–H groups in total. The first-order chi connectivity index (χ1) is 8.34. The molecule has 0 saturated carbocycles. The standard InChI is InChI=1S/C17H16/c1-13(14-6-2-3-7-14)16-11-10-15-8-4-5-9-17(15)12-16/h2-14H,1H3. The molecule has 0 heterocycles. The number of hydrogen-bond acceptors (Lipinski definition) is 0. The van der Waals surface area contributed by atoms with Gasteiger partial charge in [-0.15, -0.1) is 0 Å². The molecular formula is C17H16. The topological polar surface area (TPSA) is 0 Å². The summed E-state index contributed by atoms with van der Waals surface area (Å²) in [6.45, 7) is 2.30. The number of benzene rings is 2. The first-order valence-corrected chi connectivity index (χ1v) is 6.18. The van der Waals surface area contributed by atoms with Crippen LogP contribution in [-0.2, 0) is 0 Å². The molecule has 1 aliphatic carbocycles. The van der Waals surface area contributed by atoms with Gasteiger partial charge in [0.05, 0.1) is 0 Å². The summed E-state index contributed by atoms with van der Waals surface area (Å²) < 4.78 is 0. The van der Waals surface area contributed by atoms with Gasteiger partial charge in [0.15, 0.2) is 0 Å². The third-order valence-corrected chi connectivity index (χ3v) is 3.65. The van der Waals surface area contributed by atoms with E-state index in [2.05, 4.69) is 73.7 Å². The monoisotopic (exact) mass is 220 g/mol. The molecule has 2 aromatic carbocycles. The van der Waals surface area contributed by atoms with Crippen molar-refractivity contribution in [1.82, 2.24) is 0 Å². The van der Waals surface area contributed by atoms with E-state index in [1.54, 1.807) is 0 Å². The fourth-order valence-electron chi connectivity index (χ4n) is 2.50. The Labute approximate surface area is 102 Å². The van der Waals surface area contributed by atoms with Gasteiger partial charge in [0.25, 0.3) is 0 Å². The van der Waals surface area contributed by atoms with Gasteiger partial charge in [-0.05, 0) is 22.3 Å². The SMILES string of the molecule is CC(c1ccc2ccccc2c1)C1C=CC=C1. The van der Waals surface area contributed by atoms with E-state index in [-0.39, 0.29) is 0 Å². The Kier molecular flexibility index (Phi) is 2.56. The molecule has 0 bridgehead atoms. The Morgan fingerprint density at radius 3 is 2.35 bits per heavy atom. The quantitative estimate of drug-likeness (QED) is 0.689. The molecule has 0 saturated heterocycles. The third-order valence-electron chi connectivity index (χ3n) is 3.65. The molecule has 0 heteroatoms. The van der Waals surface area contributed by atoms with E-state index in [0.717, 1.165) is 0 Å². The minimum absolute atomic E-state index is 0.551. The highest BCUT2D eigenvalue weighted by atomic mass is 14.2. The van der Waals surface area contributed by atoms with Crippen molar-refractivity contribution in [2.75, 3.05) is 0 Å². The zero-order valence-corrected chi connectivity index (χ0v) is 10.0. The molecule has 0 radical (unpaired) electrons. The Hall–Kier alpha value is -1.82. The van der Waals surface area contributed by atoms with Gasteiger partial charge in [-0.2, -0.15) is 0 Å². The average molecular weight is 220 g/mol. The van der Waals surface area contributed by atoms with E-state index < -0.39 is 0 Å². The summed E-state index contributed by atoms with van der Waals surface area (Å²) in [4.78, 5) is 0. The maximum atomic E-state index is 2.32. The lowest BCUT2D eigenvalue weighted by atomic mass is 9.87. The van der Waals surface area contributed by atoms with Crippen LogP contribution in [0, 0.1) is 5.92 Å². The highest BCUT2D eigenvalue weighted by Crippen LogP contribution is 2.30. The highest BCUT2D eigenvalue weighted by molar-refractivity contribution is 5.83. The molecule has 0 aliphatic heterocycles. The van der Waals surface area contributed by atoms with Crippen LogP contribution in [0.5, 0.6) is 0 Å². The summed E-state index contributed by atoms with van der Waals surface area (Å²) in [7, 11) is 0. The summed E-state index contributed by atoms with van der Waals surface area (Å²) in [5.41, 5.74) is 1.42. The average Bonchev–Trinajstić information content (AvgIpc) is 2.91. The van der Waals surface area contributed by atoms with E-state index in [1.807, 2.05) is 0 Å². The van der Waals surface area contributed by atoms with Gasteiger partial charge in [0, 0.05) is 5.92 Å². The third kappa shape index (κ3) is 1.91. The smallest absolute Gasteiger partial charge is 0.00189 e. The highest BCUT2D eigenvalue weighted by Gasteiger charge is 2.15. The van der Waals surface area contributed by atoms with Crippen LogP contribution in [-0.4, -0.2) is 0 Å². The fraction of sp³-hybridized carbons (Fsp3) is 0.176. The second-order valence-electron chi connectivity index (χ2n) is 4.74. The summed E-state index contributed by atoms with van der Waals surface area (Å²) >= 11 is 0. The van der Waals surface area contributed by atoms with Crippen molar-refractivity contribution in [2.24, 2.45) is 5.92 Å².